The average molecular weight is 796 g/mol. The molecule has 10 nitrogen and oxygen atoms in total. The fourth-order valence-electron chi connectivity index (χ4n) is 8.27. The first kappa shape index (κ1) is 36.9. The van der Waals surface area contributed by atoms with E-state index in [0.717, 1.165) is 71.3 Å². The molecule has 1 atom stereocenters. The van der Waals surface area contributed by atoms with Gasteiger partial charge in [0.25, 0.3) is 5.91 Å². The molecule has 282 valence electrons. The van der Waals surface area contributed by atoms with Gasteiger partial charge in [0.2, 0.25) is 0 Å². The van der Waals surface area contributed by atoms with Gasteiger partial charge < -0.3 is 23.9 Å². The number of carbonyl (C=O) groups is 2. The van der Waals surface area contributed by atoms with Gasteiger partial charge in [-0.05, 0) is 94.5 Å². The zero-order valence-electron chi connectivity index (χ0n) is 31.4. The molecule has 0 saturated carbocycles. The number of ether oxygens (including phenoxy) is 1. The number of para-hydroxylation sites is 1. The molecular formula is C42H40Cl2N6O4S. The molecule has 0 unspecified atom stereocenters. The maximum Gasteiger partial charge on any atom is 0.352 e. The highest BCUT2D eigenvalue weighted by molar-refractivity contribution is 7.09. The number of aromatic carboxylic acids is 1. The molecular weight excluding hydrogens is 755 g/mol. The summed E-state index contributed by atoms with van der Waals surface area (Å²) >= 11 is 15.0. The van der Waals surface area contributed by atoms with Crippen LogP contribution in [0.3, 0.4) is 0 Å². The number of aromatic nitrogens is 5. The van der Waals surface area contributed by atoms with E-state index < -0.39 is 5.97 Å². The van der Waals surface area contributed by atoms with Crippen molar-refractivity contribution in [1.29, 1.82) is 0 Å². The number of nitrogens with zero attached hydrogens (tertiary/aromatic N) is 6. The molecule has 8 rings (SSSR count). The van der Waals surface area contributed by atoms with Gasteiger partial charge in [-0.1, -0.05) is 41.4 Å². The summed E-state index contributed by atoms with van der Waals surface area (Å²) in [5, 5.41) is 20.7. The number of carboxylic acids is 1. The molecule has 1 aliphatic heterocycles. The predicted octanol–water partition coefficient (Wildman–Crippen LogP) is 9.97. The van der Waals surface area contributed by atoms with Crippen LogP contribution in [-0.4, -0.2) is 54.0 Å². The van der Waals surface area contributed by atoms with Gasteiger partial charge in [0, 0.05) is 63.8 Å². The second-order valence-electron chi connectivity index (χ2n) is 14.3. The maximum absolute atomic E-state index is 15.3. The molecule has 3 aromatic carbocycles. The molecule has 4 aromatic heterocycles. The fourth-order valence-corrected chi connectivity index (χ4v) is 9.23. The Kier molecular flexibility index (Phi) is 9.51. The number of benzene rings is 3. The lowest BCUT2D eigenvalue weighted by molar-refractivity contribution is 0.0686. The topological polar surface area (TPSA) is 107 Å². The molecule has 55 heavy (non-hydrogen) atoms. The van der Waals surface area contributed by atoms with Crippen LogP contribution in [0, 0.1) is 27.7 Å². The van der Waals surface area contributed by atoms with E-state index in [9.17, 15) is 9.90 Å². The third-order valence-corrected chi connectivity index (χ3v) is 12.4. The number of rotatable bonds is 10. The van der Waals surface area contributed by atoms with E-state index in [-0.39, 0.29) is 24.2 Å². The number of hydrogen-bond donors (Lipinski definition) is 1. The van der Waals surface area contributed by atoms with Crippen LogP contribution in [0.5, 0.6) is 5.75 Å². The van der Waals surface area contributed by atoms with Crippen LogP contribution < -0.4 is 9.64 Å². The molecule has 5 heterocycles. The minimum absolute atomic E-state index is 0.137. The van der Waals surface area contributed by atoms with Crippen molar-refractivity contribution >= 4 is 73.9 Å². The van der Waals surface area contributed by atoms with Crippen LogP contribution >= 0.6 is 34.5 Å². The van der Waals surface area contributed by atoms with E-state index in [1.165, 1.54) is 11.3 Å². The van der Waals surface area contributed by atoms with Gasteiger partial charge in [0.15, 0.2) is 0 Å². The summed E-state index contributed by atoms with van der Waals surface area (Å²) < 4.78 is 12.0. The molecule has 0 spiro atoms. The summed E-state index contributed by atoms with van der Waals surface area (Å²) in [5.41, 5.74) is 9.42. The molecule has 0 bridgehead atoms. The third kappa shape index (κ3) is 6.18. The van der Waals surface area contributed by atoms with E-state index in [1.54, 1.807) is 16.8 Å². The smallest absolute Gasteiger partial charge is 0.352 e. The Labute approximate surface area is 332 Å². The van der Waals surface area contributed by atoms with E-state index >= 15 is 4.79 Å². The Morgan fingerprint density at radius 3 is 2.47 bits per heavy atom. The van der Waals surface area contributed by atoms with Crippen LogP contribution in [0.1, 0.15) is 73.4 Å². The molecule has 1 aliphatic rings. The van der Waals surface area contributed by atoms with Gasteiger partial charge in [0.05, 0.1) is 40.6 Å². The molecule has 0 aliphatic carbocycles. The Balaban J connectivity index is 1.28. The lowest BCUT2D eigenvalue weighted by Crippen LogP contribution is -2.43. The Morgan fingerprint density at radius 1 is 1.04 bits per heavy atom. The first-order valence-electron chi connectivity index (χ1n) is 18.2. The summed E-state index contributed by atoms with van der Waals surface area (Å²) in [6, 6.07) is 15.0. The van der Waals surface area contributed by atoms with E-state index in [1.807, 2.05) is 92.2 Å². The number of thiazole rings is 1. The number of carboxylic acid groups (broad SMARTS) is 1. The number of anilines is 1. The molecule has 13 heteroatoms. The van der Waals surface area contributed by atoms with Crippen LogP contribution in [0.25, 0.3) is 32.9 Å². The van der Waals surface area contributed by atoms with Gasteiger partial charge in [-0.3, -0.25) is 9.48 Å². The number of hydrogen-bond acceptors (Lipinski definition) is 6. The van der Waals surface area contributed by atoms with Crippen molar-refractivity contribution in [2.45, 2.75) is 60.0 Å². The fraction of sp³-hybridized carbons (Fsp3) is 0.286. The molecule has 0 radical (unpaired) electrons. The minimum Gasteiger partial charge on any atom is -0.494 e. The molecule has 0 fully saturated rings. The highest BCUT2D eigenvalue weighted by Crippen LogP contribution is 2.46. The number of fused-ring (bicyclic) bond motifs is 4. The lowest BCUT2D eigenvalue weighted by atomic mass is 9.98. The van der Waals surface area contributed by atoms with Crippen molar-refractivity contribution in [2.24, 2.45) is 7.05 Å². The highest BCUT2D eigenvalue weighted by atomic mass is 35.5. The number of carbonyl (C=O) groups excluding carboxylic acids is 1. The normalized spacial score (nSPS) is 14.4. The Hall–Kier alpha value is -5.10. The van der Waals surface area contributed by atoms with E-state index in [0.29, 0.717) is 47.9 Å². The van der Waals surface area contributed by atoms with Crippen molar-refractivity contribution < 1.29 is 19.4 Å². The molecule has 0 saturated heterocycles. The second-order valence-corrected chi connectivity index (χ2v) is 16.1. The quantitative estimate of drug-likeness (QED) is 0.138. The summed E-state index contributed by atoms with van der Waals surface area (Å²) in [5.74, 6) is -0.455. The summed E-state index contributed by atoms with van der Waals surface area (Å²) in [7, 11) is 1.92. The van der Waals surface area contributed by atoms with Crippen molar-refractivity contribution in [3.63, 3.8) is 0 Å². The molecule has 7 aromatic rings. The molecule has 1 N–H and O–H groups in total. The van der Waals surface area contributed by atoms with Gasteiger partial charge in [0.1, 0.15) is 22.1 Å². The van der Waals surface area contributed by atoms with Crippen LogP contribution in [0.15, 0.2) is 60.1 Å². The van der Waals surface area contributed by atoms with Gasteiger partial charge in [-0.25, -0.2) is 9.78 Å². The first-order valence-corrected chi connectivity index (χ1v) is 19.8. The zero-order chi connectivity index (χ0) is 38.9. The Bertz CT molecular complexity index is 2650. The van der Waals surface area contributed by atoms with Crippen molar-refractivity contribution in [2.75, 3.05) is 18.1 Å². The standard InChI is InChI=1S/C42H40Cl2N6O4S/c1-22-17-28(18-23(2)37(22)44)54-15-8-10-29-30-12-13-31(43)36(35-25(4)46-47(6)26(35)5)39(30)50-24(3)20-49(41(51)40(29)50)32-11-7-9-27-19-33(42(52)53)48(38(27)32)21-34-45-14-16-55-34/h7,9,11-14,16-19,24H,8,10,15,20-21H2,1-6H3,(H,52,53)/t24-/m1/s1. The lowest BCUT2D eigenvalue weighted by Gasteiger charge is -2.35. The largest absolute Gasteiger partial charge is 0.494 e. The Morgan fingerprint density at radius 2 is 1.80 bits per heavy atom. The average Bonchev–Trinajstić information content (AvgIpc) is 3.93. The van der Waals surface area contributed by atoms with Crippen molar-refractivity contribution in [3.8, 4) is 16.9 Å². The monoisotopic (exact) mass is 794 g/mol. The van der Waals surface area contributed by atoms with Crippen molar-refractivity contribution in [1.82, 2.24) is 23.9 Å². The maximum atomic E-state index is 15.3. The van der Waals surface area contributed by atoms with Crippen LogP contribution in [0.4, 0.5) is 5.69 Å². The van der Waals surface area contributed by atoms with E-state index in [2.05, 4.69) is 16.5 Å². The first-order chi connectivity index (χ1) is 26.3. The second kappa shape index (κ2) is 14.2. The van der Waals surface area contributed by atoms with Gasteiger partial charge in [-0.2, -0.15) is 5.10 Å². The summed E-state index contributed by atoms with van der Waals surface area (Å²) in [4.78, 5) is 34.1. The minimum atomic E-state index is -1.05. The SMILES string of the molecule is Cc1cc(OCCCc2c3n(c4c(-c5c(C)nn(C)c5C)c(Cl)ccc24)[C@H](C)CN(c2cccc4cc(C(=O)O)n(Cc5nccs5)c24)C3=O)cc(C)c1Cl. The predicted molar refractivity (Wildman–Crippen MR) is 220 cm³/mol. The zero-order valence-corrected chi connectivity index (χ0v) is 33.7. The van der Waals surface area contributed by atoms with Gasteiger partial charge >= 0.3 is 5.97 Å². The summed E-state index contributed by atoms with van der Waals surface area (Å²) in [6.07, 6.45) is 2.92. The third-order valence-electron chi connectivity index (χ3n) is 10.7. The number of halogens is 2. The number of aryl methyl sites for hydroxylation is 5. The van der Waals surface area contributed by atoms with Crippen LogP contribution in [0.2, 0.25) is 10.0 Å². The number of amides is 1. The van der Waals surface area contributed by atoms with Crippen LogP contribution in [-0.2, 0) is 20.0 Å². The summed E-state index contributed by atoms with van der Waals surface area (Å²) in [6.45, 7) is 11.1. The van der Waals surface area contributed by atoms with Gasteiger partial charge in [-0.15, -0.1) is 11.3 Å². The highest BCUT2D eigenvalue weighted by Gasteiger charge is 2.38. The van der Waals surface area contributed by atoms with E-state index in [4.69, 9.17) is 33.0 Å². The van der Waals surface area contributed by atoms with Crippen molar-refractivity contribution in [3.05, 3.63) is 115 Å². The molecule has 1 amide bonds.